The molecule has 0 aliphatic rings. The van der Waals surface area contributed by atoms with Gasteiger partial charge in [-0.15, -0.1) is 0 Å². The molecule has 0 aliphatic carbocycles. The lowest BCUT2D eigenvalue weighted by molar-refractivity contribution is -0.121. The van der Waals surface area contributed by atoms with Crippen LogP contribution in [0.4, 0.5) is 0 Å². The standard InChI is InChI=1S/C28H25BrN2O3/c29-25-17-20(18-30-31-28(33)16-14-26(32)22-8-2-1-3-9-22)13-15-27(25)34-19-23-11-6-10-21-7-4-5-12-24(21)23/h1-13,15,17-18,26,32H,14,16,19H2,(H,31,33)/b30-18+. The Morgan fingerprint density at radius 3 is 2.59 bits per heavy atom. The Labute approximate surface area is 207 Å². The topological polar surface area (TPSA) is 70.9 Å². The normalized spacial score (nSPS) is 12.1. The predicted octanol–water partition coefficient (Wildman–Crippen LogP) is 6.15. The minimum Gasteiger partial charge on any atom is -0.488 e. The third-order valence-electron chi connectivity index (χ3n) is 5.45. The molecule has 34 heavy (non-hydrogen) atoms. The number of halogens is 1. The first-order chi connectivity index (χ1) is 16.6. The molecular formula is C28H25BrN2O3. The second-order valence-electron chi connectivity index (χ2n) is 7.88. The zero-order valence-corrected chi connectivity index (χ0v) is 20.1. The van der Waals surface area contributed by atoms with Crippen LogP contribution in [0.3, 0.4) is 0 Å². The van der Waals surface area contributed by atoms with Gasteiger partial charge in [0.15, 0.2) is 0 Å². The number of carbonyl (C=O) groups excluding carboxylic acids is 1. The highest BCUT2D eigenvalue weighted by Crippen LogP contribution is 2.27. The average Bonchev–Trinajstić information content (AvgIpc) is 2.87. The summed E-state index contributed by atoms with van der Waals surface area (Å²) < 4.78 is 6.83. The highest BCUT2D eigenvalue weighted by atomic mass is 79.9. The van der Waals surface area contributed by atoms with Gasteiger partial charge in [0, 0.05) is 6.42 Å². The van der Waals surface area contributed by atoms with Crippen molar-refractivity contribution in [1.82, 2.24) is 5.43 Å². The van der Waals surface area contributed by atoms with Gasteiger partial charge in [0.25, 0.3) is 0 Å². The van der Waals surface area contributed by atoms with Gasteiger partial charge in [-0.05, 0) is 68.0 Å². The number of nitrogens with zero attached hydrogens (tertiary/aromatic N) is 1. The molecule has 0 aliphatic heterocycles. The Balaban J connectivity index is 1.28. The molecule has 0 radical (unpaired) electrons. The molecule has 4 rings (SSSR count). The van der Waals surface area contributed by atoms with Gasteiger partial charge in [-0.3, -0.25) is 4.79 Å². The van der Waals surface area contributed by atoms with Crippen molar-refractivity contribution < 1.29 is 14.6 Å². The third-order valence-corrected chi connectivity index (χ3v) is 6.07. The van der Waals surface area contributed by atoms with Crippen molar-refractivity contribution in [3.63, 3.8) is 0 Å². The summed E-state index contributed by atoms with van der Waals surface area (Å²) in [4.78, 5) is 12.0. The molecular weight excluding hydrogens is 492 g/mol. The van der Waals surface area contributed by atoms with Crippen molar-refractivity contribution >= 4 is 38.8 Å². The number of hydrazone groups is 1. The molecule has 0 saturated heterocycles. The summed E-state index contributed by atoms with van der Waals surface area (Å²) in [6.07, 6.45) is 1.41. The van der Waals surface area contributed by atoms with Crippen LogP contribution in [0, 0.1) is 0 Å². The molecule has 5 nitrogen and oxygen atoms in total. The number of amides is 1. The zero-order chi connectivity index (χ0) is 23.8. The number of hydrogen-bond acceptors (Lipinski definition) is 4. The van der Waals surface area contributed by atoms with Gasteiger partial charge in [-0.25, -0.2) is 5.43 Å². The lowest BCUT2D eigenvalue weighted by atomic mass is 10.1. The molecule has 0 heterocycles. The van der Waals surface area contributed by atoms with Gasteiger partial charge in [0.1, 0.15) is 12.4 Å². The third kappa shape index (κ3) is 6.31. The Kier molecular flexibility index (Phi) is 8.07. The molecule has 4 aromatic carbocycles. The average molecular weight is 517 g/mol. The van der Waals surface area contributed by atoms with Crippen molar-refractivity contribution in [2.75, 3.05) is 0 Å². The van der Waals surface area contributed by atoms with Crippen LogP contribution in [0.5, 0.6) is 5.75 Å². The van der Waals surface area contributed by atoms with Gasteiger partial charge in [0.2, 0.25) is 5.91 Å². The molecule has 4 aromatic rings. The summed E-state index contributed by atoms with van der Waals surface area (Å²) in [5.74, 6) is 0.476. The molecule has 0 saturated carbocycles. The van der Waals surface area contributed by atoms with E-state index in [2.05, 4.69) is 50.7 Å². The first-order valence-corrected chi connectivity index (χ1v) is 11.8. The fourth-order valence-corrected chi connectivity index (χ4v) is 4.14. The van der Waals surface area contributed by atoms with Gasteiger partial charge >= 0.3 is 0 Å². The SMILES string of the molecule is O=C(CCC(O)c1ccccc1)N/N=C/c1ccc(OCc2cccc3ccccc23)c(Br)c1. The van der Waals surface area contributed by atoms with E-state index in [-0.39, 0.29) is 12.3 Å². The second kappa shape index (κ2) is 11.6. The molecule has 1 atom stereocenters. The maximum atomic E-state index is 12.0. The summed E-state index contributed by atoms with van der Waals surface area (Å²) >= 11 is 3.55. The Hall–Kier alpha value is -3.48. The van der Waals surface area contributed by atoms with Gasteiger partial charge in [0.05, 0.1) is 16.8 Å². The molecule has 1 amide bonds. The maximum Gasteiger partial charge on any atom is 0.240 e. The van der Waals surface area contributed by atoms with Crippen LogP contribution in [-0.2, 0) is 11.4 Å². The van der Waals surface area contributed by atoms with Crippen molar-refractivity contribution in [2.24, 2.45) is 5.10 Å². The van der Waals surface area contributed by atoms with E-state index in [0.717, 1.165) is 26.9 Å². The van der Waals surface area contributed by atoms with Crippen LogP contribution in [0.1, 0.15) is 35.6 Å². The number of nitrogens with one attached hydrogen (secondary N) is 1. The highest BCUT2D eigenvalue weighted by molar-refractivity contribution is 9.10. The van der Waals surface area contributed by atoms with Crippen LogP contribution in [-0.4, -0.2) is 17.2 Å². The Morgan fingerprint density at radius 1 is 1.00 bits per heavy atom. The molecule has 172 valence electrons. The van der Waals surface area contributed by atoms with Crippen molar-refractivity contribution in [3.8, 4) is 5.75 Å². The van der Waals surface area contributed by atoms with E-state index in [1.807, 2.05) is 66.7 Å². The highest BCUT2D eigenvalue weighted by Gasteiger charge is 2.10. The molecule has 2 N–H and O–H groups in total. The number of aliphatic hydroxyl groups excluding tert-OH is 1. The summed E-state index contributed by atoms with van der Waals surface area (Å²) in [6, 6.07) is 29.4. The number of hydrogen-bond donors (Lipinski definition) is 2. The van der Waals surface area contributed by atoms with Crippen molar-refractivity contribution in [3.05, 3.63) is 112 Å². The van der Waals surface area contributed by atoms with Crippen molar-refractivity contribution in [1.29, 1.82) is 0 Å². The first-order valence-electron chi connectivity index (χ1n) is 11.0. The summed E-state index contributed by atoms with van der Waals surface area (Å²) in [6.45, 7) is 0.457. The largest absolute Gasteiger partial charge is 0.488 e. The number of aliphatic hydroxyl groups is 1. The van der Waals surface area contributed by atoms with E-state index in [4.69, 9.17) is 4.74 Å². The lowest BCUT2D eigenvalue weighted by Crippen LogP contribution is -2.18. The van der Waals surface area contributed by atoms with Crippen LogP contribution in [0.25, 0.3) is 10.8 Å². The van der Waals surface area contributed by atoms with Gasteiger partial charge in [-0.2, -0.15) is 5.10 Å². The van der Waals surface area contributed by atoms with E-state index < -0.39 is 6.10 Å². The van der Waals surface area contributed by atoms with E-state index >= 15 is 0 Å². The first kappa shape index (κ1) is 23.7. The van der Waals surface area contributed by atoms with Gasteiger partial charge < -0.3 is 9.84 Å². The zero-order valence-electron chi connectivity index (χ0n) is 18.5. The number of carbonyl (C=O) groups is 1. The van der Waals surface area contributed by atoms with E-state index in [0.29, 0.717) is 13.0 Å². The van der Waals surface area contributed by atoms with Gasteiger partial charge in [-0.1, -0.05) is 72.8 Å². The molecule has 0 bridgehead atoms. The van der Waals surface area contributed by atoms with Crippen LogP contribution >= 0.6 is 15.9 Å². The number of fused-ring (bicyclic) bond motifs is 1. The molecule has 0 fully saturated rings. The predicted molar refractivity (Wildman–Crippen MR) is 139 cm³/mol. The fraction of sp³-hybridized carbons (Fsp3) is 0.143. The van der Waals surface area contributed by atoms with E-state index in [1.54, 1.807) is 6.21 Å². The maximum absolute atomic E-state index is 12.0. The summed E-state index contributed by atoms with van der Waals surface area (Å²) in [7, 11) is 0. The fourth-order valence-electron chi connectivity index (χ4n) is 3.63. The molecule has 6 heteroatoms. The lowest BCUT2D eigenvalue weighted by Gasteiger charge is -2.11. The van der Waals surface area contributed by atoms with Crippen molar-refractivity contribution in [2.45, 2.75) is 25.6 Å². The summed E-state index contributed by atoms with van der Waals surface area (Å²) in [5, 5.41) is 16.5. The summed E-state index contributed by atoms with van der Waals surface area (Å²) in [5.41, 5.74) is 5.24. The van der Waals surface area contributed by atoms with E-state index in [1.165, 1.54) is 10.8 Å². The minimum absolute atomic E-state index is 0.179. The second-order valence-corrected chi connectivity index (χ2v) is 8.73. The van der Waals surface area contributed by atoms with Crippen LogP contribution in [0.15, 0.2) is 101 Å². The monoisotopic (exact) mass is 516 g/mol. The van der Waals surface area contributed by atoms with E-state index in [9.17, 15) is 9.90 Å². The Bertz CT molecular complexity index is 1290. The quantitative estimate of drug-likeness (QED) is 0.207. The smallest absolute Gasteiger partial charge is 0.240 e. The number of ether oxygens (including phenoxy) is 1. The van der Waals surface area contributed by atoms with Crippen LogP contribution < -0.4 is 10.2 Å². The molecule has 1 unspecified atom stereocenters. The number of rotatable bonds is 9. The number of benzene rings is 4. The molecule has 0 spiro atoms. The minimum atomic E-state index is -0.673. The Morgan fingerprint density at radius 2 is 1.76 bits per heavy atom. The van der Waals surface area contributed by atoms with Crippen LogP contribution in [0.2, 0.25) is 0 Å². The molecule has 0 aromatic heterocycles.